The minimum atomic E-state index is -0.530. The lowest BCUT2D eigenvalue weighted by molar-refractivity contribution is 0.262. The number of nitrogens with one attached hydrogen (secondary N) is 2. The number of ether oxygens (including phenoxy) is 1. The highest BCUT2D eigenvalue weighted by Crippen LogP contribution is 2.24. The molecule has 27 heavy (non-hydrogen) atoms. The molecule has 0 unspecified atom stereocenters. The van der Waals surface area contributed by atoms with E-state index in [0.717, 1.165) is 0 Å². The molecule has 0 radical (unpaired) electrons. The van der Waals surface area contributed by atoms with Gasteiger partial charge in [0.25, 0.3) is 0 Å². The molecule has 0 fully saturated rings. The van der Waals surface area contributed by atoms with Crippen LogP contribution in [0, 0.1) is 25.1 Å². The maximum absolute atomic E-state index is 14.1. The number of aromatic nitrogens is 4. The highest BCUT2D eigenvalue weighted by Gasteiger charge is 2.12. The van der Waals surface area contributed by atoms with E-state index in [-0.39, 0.29) is 12.3 Å². The Balaban J connectivity index is 1.76. The molecule has 9 heteroatoms. The summed E-state index contributed by atoms with van der Waals surface area (Å²) in [6.07, 6.45) is 5.19. The molecular weight excluding hydrogens is 351 g/mol. The number of para-hydroxylation sites is 2. The molecule has 0 aliphatic heterocycles. The van der Waals surface area contributed by atoms with E-state index >= 15 is 0 Å². The van der Waals surface area contributed by atoms with Crippen molar-refractivity contribution < 1.29 is 13.9 Å². The third kappa shape index (κ3) is 4.19. The van der Waals surface area contributed by atoms with Gasteiger partial charge in [-0.1, -0.05) is 18.1 Å². The van der Waals surface area contributed by atoms with Crippen LogP contribution in [0.3, 0.4) is 0 Å². The monoisotopic (exact) mass is 366 g/mol. The van der Waals surface area contributed by atoms with Gasteiger partial charge in [-0.05, 0) is 47.7 Å². The summed E-state index contributed by atoms with van der Waals surface area (Å²) in [7, 11) is 0. The Kier molecular flexibility index (Phi) is 5.28. The second-order valence-corrected chi connectivity index (χ2v) is 5.37. The van der Waals surface area contributed by atoms with Gasteiger partial charge in [-0.3, -0.25) is 0 Å². The van der Waals surface area contributed by atoms with E-state index in [2.05, 4.69) is 32.1 Å². The van der Waals surface area contributed by atoms with Gasteiger partial charge in [-0.15, -0.1) is 11.5 Å². The molecule has 0 spiro atoms. The lowest BCUT2D eigenvalue weighted by Crippen LogP contribution is -2.20. The van der Waals surface area contributed by atoms with Crippen molar-refractivity contribution in [1.29, 1.82) is 0 Å². The number of benzene rings is 2. The van der Waals surface area contributed by atoms with Gasteiger partial charge in [-0.2, -0.15) is 4.68 Å². The second-order valence-electron chi connectivity index (χ2n) is 5.37. The van der Waals surface area contributed by atoms with Crippen LogP contribution in [0.5, 0.6) is 5.75 Å². The predicted molar refractivity (Wildman–Crippen MR) is 97.3 cm³/mol. The van der Waals surface area contributed by atoms with E-state index in [1.54, 1.807) is 31.2 Å². The van der Waals surface area contributed by atoms with Crippen LogP contribution < -0.4 is 15.4 Å². The van der Waals surface area contributed by atoms with Gasteiger partial charge in [0, 0.05) is 5.69 Å². The summed E-state index contributed by atoms with van der Waals surface area (Å²) in [4.78, 5) is 12.3. The number of carbonyl (C=O) groups is 1. The van der Waals surface area contributed by atoms with E-state index < -0.39 is 11.8 Å². The number of hydrogen-bond acceptors (Lipinski definition) is 5. The largest absolute Gasteiger partial charge is 0.479 e. The topological polar surface area (TPSA) is 94.0 Å². The van der Waals surface area contributed by atoms with Gasteiger partial charge in [0.05, 0.1) is 5.69 Å². The summed E-state index contributed by atoms with van der Waals surface area (Å²) in [6.45, 7) is 1.71. The average Bonchev–Trinajstić information content (AvgIpc) is 3.08. The van der Waals surface area contributed by atoms with Crippen molar-refractivity contribution in [2.24, 2.45) is 0 Å². The highest BCUT2D eigenvalue weighted by atomic mass is 19.1. The minimum Gasteiger partial charge on any atom is -0.479 e. The molecule has 0 atom stereocenters. The molecule has 3 aromatic rings. The van der Waals surface area contributed by atoms with Gasteiger partial charge in [0.1, 0.15) is 23.9 Å². The van der Waals surface area contributed by atoms with Gasteiger partial charge in [0.15, 0.2) is 5.82 Å². The molecule has 0 saturated heterocycles. The van der Waals surface area contributed by atoms with Crippen molar-refractivity contribution in [3.8, 4) is 23.8 Å². The number of amides is 2. The standard InChI is InChI=1S/C18H15FN6O2/c1-3-10-27-17-7-5-4-6-15(17)21-18(26)20-13-8-9-14(19)16(11-13)25-12(2)22-23-24-25/h1,4-9,11H,10H2,2H3,(H2,20,21,26). The Bertz CT molecular complexity index is 1010. The van der Waals surface area contributed by atoms with Crippen LogP contribution in [-0.4, -0.2) is 32.8 Å². The summed E-state index contributed by atoms with van der Waals surface area (Å²) < 4.78 is 20.7. The van der Waals surface area contributed by atoms with Crippen LogP contribution in [0.25, 0.3) is 5.69 Å². The van der Waals surface area contributed by atoms with Crippen LogP contribution >= 0.6 is 0 Å². The zero-order valence-electron chi connectivity index (χ0n) is 14.3. The van der Waals surface area contributed by atoms with E-state index in [4.69, 9.17) is 11.2 Å². The lowest BCUT2D eigenvalue weighted by Gasteiger charge is -2.12. The molecular formula is C18H15FN6O2. The number of urea groups is 1. The number of anilines is 2. The van der Waals surface area contributed by atoms with E-state index in [0.29, 0.717) is 22.9 Å². The van der Waals surface area contributed by atoms with Crippen molar-refractivity contribution in [3.05, 3.63) is 54.1 Å². The molecule has 0 bridgehead atoms. The maximum atomic E-state index is 14.1. The molecule has 2 amide bonds. The SMILES string of the molecule is C#CCOc1ccccc1NC(=O)Nc1ccc(F)c(-n2nnnc2C)c1. The molecule has 2 N–H and O–H groups in total. The first-order valence-corrected chi connectivity index (χ1v) is 7.86. The third-order valence-electron chi connectivity index (χ3n) is 3.50. The molecule has 3 rings (SSSR count). The fourth-order valence-electron chi connectivity index (χ4n) is 2.31. The average molecular weight is 366 g/mol. The fraction of sp³-hybridized carbons (Fsp3) is 0.111. The van der Waals surface area contributed by atoms with Crippen molar-refractivity contribution in [2.45, 2.75) is 6.92 Å². The summed E-state index contributed by atoms with van der Waals surface area (Å²) in [5, 5.41) is 16.2. The minimum absolute atomic E-state index is 0.0763. The first kappa shape index (κ1) is 17.9. The van der Waals surface area contributed by atoms with Crippen LogP contribution in [0.2, 0.25) is 0 Å². The molecule has 1 aromatic heterocycles. The van der Waals surface area contributed by atoms with Crippen molar-refractivity contribution >= 4 is 17.4 Å². The smallest absolute Gasteiger partial charge is 0.323 e. The van der Waals surface area contributed by atoms with Gasteiger partial charge >= 0.3 is 6.03 Å². The quantitative estimate of drug-likeness (QED) is 0.677. The number of tetrazole rings is 1. The third-order valence-corrected chi connectivity index (χ3v) is 3.50. The van der Waals surface area contributed by atoms with Crippen LogP contribution in [0.1, 0.15) is 5.82 Å². The lowest BCUT2D eigenvalue weighted by atomic mass is 10.2. The van der Waals surface area contributed by atoms with Crippen LogP contribution in [-0.2, 0) is 0 Å². The van der Waals surface area contributed by atoms with E-state index in [1.807, 2.05) is 0 Å². The van der Waals surface area contributed by atoms with Crippen molar-refractivity contribution in [2.75, 3.05) is 17.2 Å². The van der Waals surface area contributed by atoms with Gasteiger partial charge in [-0.25, -0.2) is 9.18 Å². The number of nitrogens with zero attached hydrogens (tertiary/aromatic N) is 4. The van der Waals surface area contributed by atoms with Gasteiger partial charge < -0.3 is 15.4 Å². The maximum Gasteiger partial charge on any atom is 0.323 e. The first-order valence-electron chi connectivity index (χ1n) is 7.86. The zero-order valence-corrected chi connectivity index (χ0v) is 14.3. The molecule has 1 heterocycles. The van der Waals surface area contributed by atoms with Crippen LogP contribution in [0.15, 0.2) is 42.5 Å². The predicted octanol–water partition coefficient (Wildman–Crippen LogP) is 2.77. The summed E-state index contributed by atoms with van der Waals surface area (Å²) >= 11 is 0. The number of halogens is 1. The molecule has 0 saturated carbocycles. The van der Waals surface area contributed by atoms with Crippen molar-refractivity contribution in [3.63, 3.8) is 0 Å². The zero-order chi connectivity index (χ0) is 19.2. The highest BCUT2D eigenvalue weighted by molar-refractivity contribution is 6.00. The number of aryl methyl sites for hydroxylation is 1. The van der Waals surface area contributed by atoms with E-state index in [1.165, 1.54) is 22.9 Å². The Hall–Kier alpha value is -3.93. The Morgan fingerprint density at radius 2 is 2.11 bits per heavy atom. The molecule has 2 aromatic carbocycles. The Morgan fingerprint density at radius 1 is 1.30 bits per heavy atom. The normalized spacial score (nSPS) is 10.1. The molecule has 136 valence electrons. The Morgan fingerprint density at radius 3 is 2.85 bits per heavy atom. The molecule has 0 aliphatic rings. The number of terminal acetylenes is 1. The molecule has 8 nitrogen and oxygen atoms in total. The molecule has 0 aliphatic carbocycles. The summed E-state index contributed by atoms with van der Waals surface area (Å²) in [5.41, 5.74) is 0.929. The number of rotatable bonds is 5. The van der Waals surface area contributed by atoms with Crippen LogP contribution in [0.4, 0.5) is 20.6 Å². The van der Waals surface area contributed by atoms with Crippen molar-refractivity contribution in [1.82, 2.24) is 20.2 Å². The second kappa shape index (κ2) is 7.97. The number of hydrogen-bond donors (Lipinski definition) is 2. The summed E-state index contributed by atoms with van der Waals surface area (Å²) in [5.74, 6) is 2.69. The van der Waals surface area contributed by atoms with E-state index in [9.17, 15) is 9.18 Å². The summed E-state index contributed by atoms with van der Waals surface area (Å²) in [6, 6.07) is 10.4. The first-order chi connectivity index (χ1) is 13.1. The number of carbonyl (C=O) groups excluding carboxylic acids is 1. The van der Waals surface area contributed by atoms with Gasteiger partial charge in [0.2, 0.25) is 0 Å². The fourth-order valence-corrected chi connectivity index (χ4v) is 2.31. The Labute approximate surface area is 154 Å².